The van der Waals surface area contributed by atoms with Crippen LogP contribution in [0.4, 0.5) is 0 Å². The summed E-state index contributed by atoms with van der Waals surface area (Å²) in [4.78, 5) is 23.7. The van der Waals surface area contributed by atoms with Gasteiger partial charge in [0, 0.05) is 10.8 Å². The first-order valence-electron chi connectivity index (χ1n) is 9.07. The monoisotopic (exact) mass is 388 g/mol. The number of hydrogen-bond donors (Lipinski definition) is 2. The standard InChI is InChI=1S/C21H28N2O3S/c1-20(2,3)15-11-13(12-16(26-15)21(4,5)6)9-7-8-10-14-17(24)22-19(27)23-18(14)25/h9-12H,7-8H2,1-6H3,(H2,22,23,24,25,27). The van der Waals surface area contributed by atoms with Crippen molar-refractivity contribution in [3.8, 4) is 0 Å². The second-order valence-corrected chi connectivity index (χ2v) is 9.16. The van der Waals surface area contributed by atoms with Crippen LogP contribution in [0.25, 0.3) is 0 Å². The quantitative estimate of drug-likeness (QED) is 0.331. The molecule has 0 saturated carbocycles. The third kappa shape index (κ3) is 5.63. The van der Waals surface area contributed by atoms with Crippen molar-refractivity contribution in [2.45, 2.75) is 54.4 Å². The zero-order valence-electron chi connectivity index (χ0n) is 16.9. The number of unbranched alkanes of at least 4 members (excludes halogenated alkanes) is 1. The Morgan fingerprint density at radius 1 is 0.889 bits per heavy atom. The Hall–Kier alpha value is -2.21. The minimum Gasteiger partial charge on any atom is -0.465 e. The van der Waals surface area contributed by atoms with Crippen molar-refractivity contribution in [3.05, 3.63) is 47.0 Å². The largest absolute Gasteiger partial charge is 0.465 e. The highest BCUT2D eigenvalue weighted by Gasteiger charge is 2.29. The molecule has 1 fully saturated rings. The molecule has 2 heterocycles. The van der Waals surface area contributed by atoms with Crippen LogP contribution in [-0.4, -0.2) is 16.9 Å². The second-order valence-electron chi connectivity index (χ2n) is 8.76. The summed E-state index contributed by atoms with van der Waals surface area (Å²) in [6, 6.07) is 0. The molecule has 2 aliphatic rings. The van der Waals surface area contributed by atoms with Gasteiger partial charge in [-0.3, -0.25) is 20.2 Å². The van der Waals surface area contributed by atoms with Gasteiger partial charge in [-0.2, -0.15) is 0 Å². The average Bonchev–Trinajstić information content (AvgIpc) is 2.51. The number of thiocarbonyl (C=S) groups is 1. The number of carbonyl (C=O) groups is 2. The molecule has 0 radical (unpaired) electrons. The molecule has 5 nitrogen and oxygen atoms in total. The molecule has 0 unspecified atom stereocenters. The predicted octanol–water partition coefficient (Wildman–Crippen LogP) is 4.04. The van der Waals surface area contributed by atoms with Crippen molar-refractivity contribution in [3.63, 3.8) is 0 Å². The van der Waals surface area contributed by atoms with E-state index in [0.29, 0.717) is 12.8 Å². The van der Waals surface area contributed by atoms with E-state index in [1.54, 1.807) is 6.08 Å². The van der Waals surface area contributed by atoms with Crippen LogP contribution in [0.5, 0.6) is 0 Å². The minimum atomic E-state index is -0.452. The molecule has 2 amide bonds. The summed E-state index contributed by atoms with van der Waals surface area (Å²) in [5, 5.41) is 4.92. The smallest absolute Gasteiger partial charge is 0.262 e. The molecule has 146 valence electrons. The molecule has 0 aromatic rings. The van der Waals surface area contributed by atoms with Crippen LogP contribution in [0.3, 0.4) is 0 Å². The van der Waals surface area contributed by atoms with Gasteiger partial charge in [0.25, 0.3) is 11.8 Å². The van der Waals surface area contributed by atoms with Gasteiger partial charge < -0.3 is 4.74 Å². The van der Waals surface area contributed by atoms with Gasteiger partial charge in [0.1, 0.15) is 17.1 Å². The van der Waals surface area contributed by atoms with Crippen LogP contribution in [-0.2, 0) is 14.3 Å². The van der Waals surface area contributed by atoms with Gasteiger partial charge in [0.2, 0.25) is 0 Å². The normalized spacial score (nSPS) is 18.2. The summed E-state index contributed by atoms with van der Waals surface area (Å²) in [5.74, 6) is 0.956. The number of rotatable bonds is 3. The zero-order chi connectivity index (χ0) is 20.4. The van der Waals surface area contributed by atoms with E-state index in [1.165, 1.54) is 0 Å². The fourth-order valence-corrected chi connectivity index (χ4v) is 2.70. The molecule has 1 saturated heterocycles. The Morgan fingerprint density at radius 2 is 1.33 bits per heavy atom. The van der Waals surface area contributed by atoms with Gasteiger partial charge in [-0.15, -0.1) is 0 Å². The van der Waals surface area contributed by atoms with Gasteiger partial charge in [-0.05, 0) is 42.8 Å². The molecule has 0 aliphatic carbocycles. The molecular weight excluding hydrogens is 360 g/mol. The summed E-state index contributed by atoms with van der Waals surface area (Å²) in [6.45, 7) is 12.7. The maximum atomic E-state index is 11.8. The lowest BCUT2D eigenvalue weighted by molar-refractivity contribution is -0.123. The highest BCUT2D eigenvalue weighted by atomic mass is 32.1. The van der Waals surface area contributed by atoms with Gasteiger partial charge in [0.15, 0.2) is 5.11 Å². The van der Waals surface area contributed by atoms with Crippen LogP contribution in [0, 0.1) is 10.8 Å². The molecule has 0 spiro atoms. The van der Waals surface area contributed by atoms with Crippen LogP contribution in [0.15, 0.2) is 47.0 Å². The lowest BCUT2D eigenvalue weighted by atomic mass is 9.87. The molecule has 2 rings (SSSR count). The van der Waals surface area contributed by atoms with E-state index in [2.05, 4.69) is 70.4 Å². The van der Waals surface area contributed by atoms with Crippen molar-refractivity contribution < 1.29 is 14.3 Å². The molecule has 27 heavy (non-hydrogen) atoms. The molecule has 6 heteroatoms. The van der Waals surface area contributed by atoms with E-state index >= 15 is 0 Å². The number of allylic oxidation sites excluding steroid dienone is 7. The number of amides is 2. The lowest BCUT2D eigenvalue weighted by Gasteiger charge is -2.32. The fraction of sp³-hybridized carbons (Fsp3) is 0.476. The Kier molecular flexibility index (Phi) is 6.10. The van der Waals surface area contributed by atoms with E-state index < -0.39 is 11.8 Å². The molecule has 0 bridgehead atoms. The van der Waals surface area contributed by atoms with E-state index in [1.807, 2.05) is 0 Å². The maximum absolute atomic E-state index is 11.8. The number of nitrogens with one attached hydrogen (secondary N) is 2. The van der Waals surface area contributed by atoms with Crippen LogP contribution in [0.2, 0.25) is 0 Å². The summed E-state index contributed by atoms with van der Waals surface area (Å²) >= 11 is 4.79. The average molecular weight is 389 g/mol. The van der Waals surface area contributed by atoms with Crippen molar-refractivity contribution >= 4 is 29.1 Å². The van der Waals surface area contributed by atoms with Crippen LogP contribution in [0.1, 0.15) is 54.4 Å². The Balaban J connectivity index is 2.15. The van der Waals surface area contributed by atoms with Crippen LogP contribution >= 0.6 is 12.2 Å². The first kappa shape index (κ1) is 21.1. The van der Waals surface area contributed by atoms with Crippen molar-refractivity contribution in [1.82, 2.24) is 10.6 Å². The Bertz CT molecular complexity index is 733. The highest BCUT2D eigenvalue weighted by Crippen LogP contribution is 2.38. The van der Waals surface area contributed by atoms with Gasteiger partial charge in [-0.25, -0.2) is 0 Å². The Morgan fingerprint density at radius 3 is 1.78 bits per heavy atom. The van der Waals surface area contributed by atoms with Crippen molar-refractivity contribution in [2.75, 3.05) is 0 Å². The van der Waals surface area contributed by atoms with E-state index in [9.17, 15) is 9.59 Å². The predicted molar refractivity (Wildman–Crippen MR) is 110 cm³/mol. The van der Waals surface area contributed by atoms with Crippen LogP contribution < -0.4 is 10.6 Å². The maximum Gasteiger partial charge on any atom is 0.262 e. The van der Waals surface area contributed by atoms with Gasteiger partial charge >= 0.3 is 0 Å². The van der Waals surface area contributed by atoms with E-state index in [4.69, 9.17) is 17.0 Å². The number of carbonyl (C=O) groups excluding carboxylic acids is 2. The third-order valence-electron chi connectivity index (χ3n) is 4.13. The minimum absolute atomic E-state index is 0.0474. The molecule has 0 aromatic carbocycles. The summed E-state index contributed by atoms with van der Waals surface area (Å²) in [6.07, 6.45) is 9.13. The molecule has 2 N–H and O–H groups in total. The third-order valence-corrected chi connectivity index (χ3v) is 4.34. The van der Waals surface area contributed by atoms with E-state index in [0.717, 1.165) is 17.1 Å². The SMILES string of the molecule is CC(C)(C)C1=CC(=CCCC=C2C(=O)NC(=S)NC2=O)C=C(C(C)(C)C)O1. The lowest BCUT2D eigenvalue weighted by Crippen LogP contribution is -2.51. The van der Waals surface area contributed by atoms with Gasteiger partial charge in [-0.1, -0.05) is 53.7 Å². The molecular formula is C21H28N2O3S. The fourth-order valence-electron chi connectivity index (χ4n) is 2.52. The summed E-state index contributed by atoms with van der Waals surface area (Å²) in [7, 11) is 0. The van der Waals surface area contributed by atoms with Gasteiger partial charge in [0.05, 0.1) is 0 Å². The topological polar surface area (TPSA) is 67.4 Å². The van der Waals surface area contributed by atoms with Crippen molar-refractivity contribution in [2.24, 2.45) is 10.8 Å². The second kappa shape index (κ2) is 7.80. The summed E-state index contributed by atoms with van der Waals surface area (Å²) < 4.78 is 6.14. The number of ether oxygens (including phenoxy) is 1. The van der Waals surface area contributed by atoms with Crippen molar-refractivity contribution in [1.29, 1.82) is 0 Å². The number of hydrogen-bond acceptors (Lipinski definition) is 4. The molecule has 2 aliphatic heterocycles. The summed E-state index contributed by atoms with van der Waals surface area (Å²) in [5.41, 5.74) is 0.990. The molecule has 0 aromatic heterocycles. The highest BCUT2D eigenvalue weighted by molar-refractivity contribution is 7.80. The van der Waals surface area contributed by atoms with E-state index in [-0.39, 0.29) is 21.5 Å². The Labute approximate surface area is 166 Å². The first-order valence-corrected chi connectivity index (χ1v) is 9.48. The first-order chi connectivity index (χ1) is 12.4. The zero-order valence-corrected chi connectivity index (χ0v) is 17.7. The molecule has 0 atom stereocenters.